The summed E-state index contributed by atoms with van der Waals surface area (Å²) in [4.78, 5) is 11.8. The zero-order chi connectivity index (χ0) is 15.1. The molecular formula is C16H26N2O2. The zero-order valence-corrected chi connectivity index (χ0v) is 13.1. The highest BCUT2D eigenvalue weighted by atomic mass is 16.5. The van der Waals surface area contributed by atoms with Gasteiger partial charge in [-0.25, -0.2) is 4.79 Å². The number of aryl methyl sites for hydroxylation is 1. The highest BCUT2D eigenvalue weighted by Crippen LogP contribution is 2.26. The van der Waals surface area contributed by atoms with Crippen molar-refractivity contribution in [2.45, 2.75) is 40.7 Å². The molecular weight excluding hydrogens is 252 g/mol. The average molecular weight is 278 g/mol. The minimum atomic E-state index is -0.143. The van der Waals surface area contributed by atoms with E-state index < -0.39 is 0 Å². The van der Waals surface area contributed by atoms with E-state index in [4.69, 9.17) is 4.74 Å². The number of rotatable bonds is 6. The fourth-order valence-corrected chi connectivity index (χ4v) is 1.92. The molecule has 0 heterocycles. The van der Waals surface area contributed by atoms with E-state index in [0.29, 0.717) is 19.1 Å². The number of hydrogen-bond donors (Lipinski definition) is 2. The van der Waals surface area contributed by atoms with Crippen molar-refractivity contribution >= 4 is 6.03 Å². The van der Waals surface area contributed by atoms with Crippen LogP contribution in [0.25, 0.3) is 0 Å². The molecule has 0 aliphatic rings. The van der Waals surface area contributed by atoms with E-state index in [1.807, 2.05) is 32.9 Å². The van der Waals surface area contributed by atoms with Gasteiger partial charge in [0.15, 0.2) is 0 Å². The van der Waals surface area contributed by atoms with Gasteiger partial charge in [0.25, 0.3) is 0 Å². The van der Waals surface area contributed by atoms with E-state index >= 15 is 0 Å². The normalized spacial score (nSPS) is 12.1. The fraction of sp³-hybridized carbons (Fsp3) is 0.562. The summed E-state index contributed by atoms with van der Waals surface area (Å²) >= 11 is 0. The van der Waals surface area contributed by atoms with Gasteiger partial charge in [-0.15, -0.1) is 0 Å². The third kappa shape index (κ3) is 5.11. The van der Waals surface area contributed by atoms with Crippen LogP contribution in [0.15, 0.2) is 18.2 Å². The highest BCUT2D eigenvalue weighted by molar-refractivity contribution is 5.74. The van der Waals surface area contributed by atoms with Crippen LogP contribution in [0, 0.1) is 12.8 Å². The number of amides is 2. The van der Waals surface area contributed by atoms with Gasteiger partial charge in [0.1, 0.15) is 5.75 Å². The second kappa shape index (κ2) is 7.78. The molecule has 1 rings (SSSR count). The molecule has 112 valence electrons. The lowest BCUT2D eigenvalue weighted by atomic mass is 10.0. The Morgan fingerprint density at radius 3 is 2.60 bits per heavy atom. The molecule has 4 nitrogen and oxygen atoms in total. The number of nitrogens with one attached hydrogen (secondary N) is 2. The molecule has 0 aliphatic carbocycles. The van der Waals surface area contributed by atoms with Crippen LogP contribution < -0.4 is 15.4 Å². The molecule has 20 heavy (non-hydrogen) atoms. The Bertz CT molecular complexity index is 444. The predicted molar refractivity (Wildman–Crippen MR) is 82.1 cm³/mol. The second-order valence-electron chi connectivity index (χ2n) is 5.44. The largest absolute Gasteiger partial charge is 0.494 e. The molecule has 0 saturated heterocycles. The van der Waals surface area contributed by atoms with Crippen LogP contribution in [0.4, 0.5) is 4.79 Å². The van der Waals surface area contributed by atoms with Crippen molar-refractivity contribution in [1.29, 1.82) is 0 Å². The van der Waals surface area contributed by atoms with Crippen LogP contribution in [-0.4, -0.2) is 19.2 Å². The van der Waals surface area contributed by atoms with Gasteiger partial charge in [0.05, 0.1) is 12.6 Å². The number of ether oxygens (including phenoxy) is 1. The first kappa shape index (κ1) is 16.3. The van der Waals surface area contributed by atoms with E-state index in [-0.39, 0.29) is 12.1 Å². The number of carbonyl (C=O) groups excluding carboxylic acids is 1. The van der Waals surface area contributed by atoms with Crippen molar-refractivity contribution in [2.75, 3.05) is 13.2 Å². The number of carbonyl (C=O) groups is 1. The van der Waals surface area contributed by atoms with Gasteiger partial charge in [0.2, 0.25) is 0 Å². The molecule has 0 spiro atoms. The Labute approximate surface area is 121 Å². The van der Waals surface area contributed by atoms with Crippen molar-refractivity contribution in [3.05, 3.63) is 29.3 Å². The number of urea groups is 1. The molecule has 2 amide bonds. The van der Waals surface area contributed by atoms with E-state index in [0.717, 1.165) is 16.9 Å². The molecule has 0 bridgehead atoms. The summed E-state index contributed by atoms with van der Waals surface area (Å²) in [6.45, 7) is 11.4. The van der Waals surface area contributed by atoms with E-state index in [2.05, 4.69) is 30.5 Å². The van der Waals surface area contributed by atoms with E-state index in [9.17, 15) is 4.79 Å². The van der Waals surface area contributed by atoms with Crippen LogP contribution in [-0.2, 0) is 0 Å². The predicted octanol–water partition coefficient (Wildman–Crippen LogP) is 3.41. The van der Waals surface area contributed by atoms with E-state index in [1.54, 1.807) is 0 Å². The van der Waals surface area contributed by atoms with Gasteiger partial charge in [0, 0.05) is 12.1 Å². The molecule has 2 N–H and O–H groups in total. The molecule has 1 aromatic carbocycles. The minimum Gasteiger partial charge on any atom is -0.494 e. The Balaban J connectivity index is 2.73. The molecule has 0 saturated carbocycles. The smallest absolute Gasteiger partial charge is 0.315 e. The van der Waals surface area contributed by atoms with Gasteiger partial charge < -0.3 is 15.4 Å². The molecule has 4 heteroatoms. The average Bonchev–Trinajstić information content (AvgIpc) is 2.38. The van der Waals surface area contributed by atoms with Crippen LogP contribution in [0.2, 0.25) is 0 Å². The summed E-state index contributed by atoms with van der Waals surface area (Å²) in [5.74, 6) is 1.27. The fourth-order valence-electron chi connectivity index (χ4n) is 1.92. The van der Waals surface area contributed by atoms with Gasteiger partial charge >= 0.3 is 6.03 Å². The molecule has 0 aromatic heterocycles. The summed E-state index contributed by atoms with van der Waals surface area (Å²) in [5, 5.41) is 5.81. The maximum atomic E-state index is 11.8. The van der Waals surface area contributed by atoms with Crippen LogP contribution in [0.3, 0.4) is 0 Å². The first-order chi connectivity index (χ1) is 9.43. The van der Waals surface area contributed by atoms with Gasteiger partial charge in [-0.1, -0.05) is 31.5 Å². The van der Waals surface area contributed by atoms with Crippen molar-refractivity contribution in [3.63, 3.8) is 0 Å². The van der Waals surface area contributed by atoms with Crippen LogP contribution >= 0.6 is 0 Å². The molecule has 1 atom stereocenters. The first-order valence-corrected chi connectivity index (χ1v) is 7.21. The lowest BCUT2D eigenvalue weighted by Gasteiger charge is -2.19. The molecule has 1 aromatic rings. The molecule has 0 fully saturated rings. The number of hydrogen-bond acceptors (Lipinski definition) is 2. The summed E-state index contributed by atoms with van der Waals surface area (Å²) < 4.78 is 5.62. The quantitative estimate of drug-likeness (QED) is 0.837. The summed E-state index contributed by atoms with van der Waals surface area (Å²) in [5.41, 5.74) is 2.16. The third-order valence-corrected chi connectivity index (χ3v) is 2.95. The monoisotopic (exact) mass is 278 g/mol. The van der Waals surface area contributed by atoms with Gasteiger partial charge in [-0.05, 0) is 32.8 Å². The van der Waals surface area contributed by atoms with Gasteiger partial charge in [-0.2, -0.15) is 0 Å². The molecule has 1 unspecified atom stereocenters. The Hall–Kier alpha value is -1.71. The molecule has 0 radical (unpaired) electrons. The van der Waals surface area contributed by atoms with Gasteiger partial charge in [-0.3, -0.25) is 0 Å². The van der Waals surface area contributed by atoms with Crippen molar-refractivity contribution in [2.24, 2.45) is 5.92 Å². The Morgan fingerprint density at radius 2 is 2.00 bits per heavy atom. The van der Waals surface area contributed by atoms with Crippen molar-refractivity contribution in [3.8, 4) is 5.75 Å². The standard InChI is InChI=1S/C16H26N2O2/c1-6-20-15-8-7-12(4)9-14(15)13(5)18-16(19)17-10-11(2)3/h7-9,11,13H,6,10H2,1-5H3,(H2,17,18,19). The maximum absolute atomic E-state index is 11.8. The van der Waals surface area contributed by atoms with Crippen molar-refractivity contribution in [1.82, 2.24) is 10.6 Å². The Kier molecular flexibility index (Phi) is 6.36. The third-order valence-electron chi connectivity index (χ3n) is 2.95. The topological polar surface area (TPSA) is 50.4 Å². The zero-order valence-electron chi connectivity index (χ0n) is 13.1. The SMILES string of the molecule is CCOc1ccc(C)cc1C(C)NC(=O)NCC(C)C. The molecule has 0 aliphatic heterocycles. The maximum Gasteiger partial charge on any atom is 0.315 e. The Morgan fingerprint density at radius 1 is 1.30 bits per heavy atom. The summed E-state index contributed by atoms with van der Waals surface area (Å²) in [6.07, 6.45) is 0. The second-order valence-corrected chi connectivity index (χ2v) is 5.44. The van der Waals surface area contributed by atoms with Crippen molar-refractivity contribution < 1.29 is 9.53 Å². The highest BCUT2D eigenvalue weighted by Gasteiger charge is 2.14. The first-order valence-electron chi connectivity index (χ1n) is 7.21. The summed E-state index contributed by atoms with van der Waals surface area (Å²) in [7, 11) is 0. The lowest BCUT2D eigenvalue weighted by molar-refractivity contribution is 0.236. The van der Waals surface area contributed by atoms with Crippen LogP contribution in [0.5, 0.6) is 5.75 Å². The minimum absolute atomic E-state index is 0.0939. The van der Waals surface area contributed by atoms with Crippen LogP contribution in [0.1, 0.15) is 44.9 Å². The summed E-state index contributed by atoms with van der Waals surface area (Å²) in [6, 6.07) is 5.79. The lowest BCUT2D eigenvalue weighted by Crippen LogP contribution is -2.38. The number of benzene rings is 1. The van der Waals surface area contributed by atoms with E-state index in [1.165, 1.54) is 0 Å².